The van der Waals surface area contributed by atoms with Crippen LogP contribution < -0.4 is 5.32 Å². The molecule has 0 radical (unpaired) electrons. The first-order valence-corrected chi connectivity index (χ1v) is 9.76. The van der Waals surface area contributed by atoms with Gasteiger partial charge in [-0.2, -0.15) is 0 Å². The summed E-state index contributed by atoms with van der Waals surface area (Å²) < 4.78 is 13.1. The maximum atomic E-state index is 13.1. The number of nitrogens with zero attached hydrogens (tertiary/aromatic N) is 1. The summed E-state index contributed by atoms with van der Waals surface area (Å²) in [4.78, 5) is 15.1. The van der Waals surface area contributed by atoms with Crippen molar-refractivity contribution in [2.45, 2.75) is 46.2 Å². The zero-order valence-electron chi connectivity index (χ0n) is 16.5. The van der Waals surface area contributed by atoms with Crippen LogP contribution in [0.25, 0.3) is 0 Å². The average Bonchev–Trinajstić information content (AvgIpc) is 2.63. The van der Waals surface area contributed by atoms with Gasteiger partial charge in [0.25, 0.3) is 0 Å². The number of hydrogen-bond acceptors (Lipinski definition) is 2. The molecule has 0 bridgehead atoms. The third-order valence-corrected chi connectivity index (χ3v) is 5.45. The summed E-state index contributed by atoms with van der Waals surface area (Å²) in [7, 11) is 0. The number of nitrogens with one attached hydrogen (secondary N) is 1. The van der Waals surface area contributed by atoms with E-state index in [0.29, 0.717) is 0 Å². The Kier molecular flexibility index (Phi) is 6.27. The van der Waals surface area contributed by atoms with Crippen molar-refractivity contribution in [2.75, 3.05) is 13.1 Å². The molecule has 1 amide bonds. The van der Waals surface area contributed by atoms with Crippen LogP contribution in [0, 0.1) is 25.6 Å². The molecule has 144 valence electrons. The highest BCUT2D eigenvalue weighted by atomic mass is 19.1. The van der Waals surface area contributed by atoms with Gasteiger partial charge in [0.2, 0.25) is 5.91 Å². The number of benzene rings is 2. The van der Waals surface area contributed by atoms with E-state index in [-0.39, 0.29) is 23.7 Å². The highest BCUT2D eigenvalue weighted by molar-refractivity contribution is 5.79. The minimum absolute atomic E-state index is 0.00516. The lowest BCUT2D eigenvalue weighted by molar-refractivity contribution is -0.127. The normalized spacial score (nSPS) is 18.9. The number of hydrogen-bond donors (Lipinski definition) is 1. The molecule has 2 aromatic rings. The van der Waals surface area contributed by atoms with Crippen LogP contribution in [0.3, 0.4) is 0 Å². The number of rotatable bonds is 5. The highest BCUT2D eigenvalue weighted by Crippen LogP contribution is 2.22. The molecule has 0 unspecified atom stereocenters. The number of carbonyl (C=O) groups excluding carboxylic acids is 1. The highest BCUT2D eigenvalue weighted by Gasteiger charge is 2.27. The summed E-state index contributed by atoms with van der Waals surface area (Å²) in [5.74, 6) is -0.0753. The Morgan fingerprint density at radius 2 is 1.96 bits per heavy atom. The fraction of sp³-hybridized carbons (Fsp3) is 0.435. The molecule has 1 fully saturated rings. The fourth-order valence-corrected chi connectivity index (χ4v) is 3.98. The van der Waals surface area contributed by atoms with E-state index in [0.717, 1.165) is 38.0 Å². The Morgan fingerprint density at radius 3 is 2.67 bits per heavy atom. The third-order valence-electron chi connectivity index (χ3n) is 5.45. The van der Waals surface area contributed by atoms with E-state index in [1.165, 1.54) is 28.8 Å². The summed E-state index contributed by atoms with van der Waals surface area (Å²) in [6, 6.07) is 13.0. The van der Waals surface area contributed by atoms with Gasteiger partial charge in [-0.15, -0.1) is 0 Å². The summed E-state index contributed by atoms with van der Waals surface area (Å²) in [5, 5.41) is 3.20. The van der Waals surface area contributed by atoms with Crippen molar-refractivity contribution in [1.82, 2.24) is 10.2 Å². The largest absolute Gasteiger partial charge is 0.349 e. The number of likely N-dealkylation sites (tertiary alicyclic amines) is 1. The van der Waals surface area contributed by atoms with Gasteiger partial charge < -0.3 is 5.32 Å². The topological polar surface area (TPSA) is 32.3 Å². The summed E-state index contributed by atoms with van der Waals surface area (Å²) in [6.07, 6.45) is 1.93. The average molecular weight is 368 g/mol. The van der Waals surface area contributed by atoms with Crippen LogP contribution in [0.1, 0.15) is 48.1 Å². The molecule has 0 aliphatic carbocycles. The summed E-state index contributed by atoms with van der Waals surface area (Å²) in [5.41, 5.74) is 4.71. The SMILES string of the molecule is Cc1ccc([C@H](C)NC(=O)[C@H]2CCCN(Cc3ccc(F)cc3)C2)c(C)c1. The van der Waals surface area contributed by atoms with E-state index in [9.17, 15) is 9.18 Å². The first-order chi connectivity index (χ1) is 12.9. The van der Waals surface area contributed by atoms with Crippen molar-refractivity contribution in [1.29, 1.82) is 0 Å². The van der Waals surface area contributed by atoms with Crippen LogP contribution in [-0.4, -0.2) is 23.9 Å². The Morgan fingerprint density at radius 1 is 1.22 bits per heavy atom. The van der Waals surface area contributed by atoms with Crippen LogP contribution in [0.15, 0.2) is 42.5 Å². The van der Waals surface area contributed by atoms with Crippen LogP contribution >= 0.6 is 0 Å². The first-order valence-electron chi connectivity index (χ1n) is 9.76. The monoisotopic (exact) mass is 368 g/mol. The first kappa shape index (κ1) is 19.6. The molecular weight excluding hydrogens is 339 g/mol. The van der Waals surface area contributed by atoms with Gasteiger partial charge in [-0.1, -0.05) is 35.9 Å². The second kappa shape index (κ2) is 8.66. The zero-order valence-corrected chi connectivity index (χ0v) is 16.5. The minimum atomic E-state index is -0.213. The van der Waals surface area contributed by atoms with Crippen molar-refractivity contribution in [2.24, 2.45) is 5.92 Å². The van der Waals surface area contributed by atoms with Gasteiger partial charge in [-0.3, -0.25) is 9.69 Å². The van der Waals surface area contributed by atoms with Gasteiger partial charge >= 0.3 is 0 Å². The molecule has 1 aliphatic heterocycles. The molecule has 0 aromatic heterocycles. The van der Waals surface area contributed by atoms with Crippen molar-refractivity contribution >= 4 is 5.91 Å². The third kappa shape index (κ3) is 5.16. The molecular formula is C23H29FN2O. The van der Waals surface area contributed by atoms with E-state index in [2.05, 4.69) is 49.2 Å². The Hall–Kier alpha value is -2.20. The molecule has 3 nitrogen and oxygen atoms in total. The van der Waals surface area contributed by atoms with Crippen LogP contribution in [0.2, 0.25) is 0 Å². The van der Waals surface area contributed by atoms with Gasteiger partial charge in [0, 0.05) is 13.1 Å². The lowest BCUT2D eigenvalue weighted by Gasteiger charge is -2.32. The quantitative estimate of drug-likeness (QED) is 0.841. The molecule has 1 saturated heterocycles. The van der Waals surface area contributed by atoms with Crippen molar-refractivity contribution in [3.63, 3.8) is 0 Å². The molecule has 1 N–H and O–H groups in total. The number of aryl methyl sites for hydroxylation is 2. The lowest BCUT2D eigenvalue weighted by atomic mass is 9.95. The Labute approximate surface area is 161 Å². The molecule has 4 heteroatoms. The van der Waals surface area contributed by atoms with Crippen LogP contribution in [0.5, 0.6) is 0 Å². The van der Waals surface area contributed by atoms with Gasteiger partial charge in [-0.25, -0.2) is 4.39 Å². The maximum Gasteiger partial charge on any atom is 0.224 e. The summed E-state index contributed by atoms with van der Waals surface area (Å²) >= 11 is 0. The second-order valence-corrected chi connectivity index (χ2v) is 7.79. The van der Waals surface area contributed by atoms with Gasteiger partial charge in [0.15, 0.2) is 0 Å². The smallest absolute Gasteiger partial charge is 0.224 e. The second-order valence-electron chi connectivity index (χ2n) is 7.79. The van der Waals surface area contributed by atoms with E-state index >= 15 is 0 Å². The van der Waals surface area contributed by atoms with Crippen molar-refractivity contribution < 1.29 is 9.18 Å². The van der Waals surface area contributed by atoms with Crippen molar-refractivity contribution in [3.05, 3.63) is 70.5 Å². The van der Waals surface area contributed by atoms with E-state index in [1.807, 2.05) is 12.1 Å². The molecule has 2 atom stereocenters. The molecule has 1 aliphatic rings. The number of piperidine rings is 1. The lowest BCUT2D eigenvalue weighted by Crippen LogP contribution is -2.43. The number of amides is 1. The predicted molar refractivity (Wildman–Crippen MR) is 107 cm³/mol. The maximum absolute atomic E-state index is 13.1. The Balaban J connectivity index is 1.58. The zero-order chi connectivity index (χ0) is 19.4. The predicted octanol–water partition coefficient (Wildman–Crippen LogP) is 4.53. The van der Waals surface area contributed by atoms with E-state index in [1.54, 1.807) is 0 Å². The van der Waals surface area contributed by atoms with Gasteiger partial charge in [0.1, 0.15) is 5.82 Å². The van der Waals surface area contributed by atoms with Gasteiger partial charge in [-0.05, 0) is 69.0 Å². The van der Waals surface area contributed by atoms with Crippen LogP contribution in [0.4, 0.5) is 4.39 Å². The Bertz CT molecular complexity index is 787. The number of carbonyl (C=O) groups is 1. The molecule has 3 rings (SSSR count). The minimum Gasteiger partial charge on any atom is -0.349 e. The standard InChI is InChI=1S/C23H29FN2O/c1-16-6-11-22(17(2)13-16)18(3)25-23(27)20-5-4-12-26(15-20)14-19-7-9-21(24)10-8-19/h6-11,13,18,20H,4-5,12,14-15H2,1-3H3,(H,25,27)/t18-,20-/m0/s1. The van der Waals surface area contributed by atoms with E-state index < -0.39 is 0 Å². The van der Waals surface area contributed by atoms with E-state index in [4.69, 9.17) is 0 Å². The van der Waals surface area contributed by atoms with Gasteiger partial charge in [0.05, 0.1) is 12.0 Å². The molecule has 1 heterocycles. The molecule has 27 heavy (non-hydrogen) atoms. The molecule has 0 spiro atoms. The molecule has 0 saturated carbocycles. The molecule has 2 aromatic carbocycles. The van der Waals surface area contributed by atoms with Crippen molar-refractivity contribution in [3.8, 4) is 0 Å². The summed E-state index contributed by atoms with van der Waals surface area (Å²) in [6.45, 7) is 8.72. The van der Waals surface area contributed by atoms with Crippen LogP contribution in [-0.2, 0) is 11.3 Å². The number of halogens is 1. The fourth-order valence-electron chi connectivity index (χ4n) is 3.98.